The number of anilines is 1. The molecule has 2 N–H and O–H groups in total. The van der Waals surface area contributed by atoms with Gasteiger partial charge in [-0.05, 0) is 47.2 Å². The lowest BCUT2D eigenvalue weighted by atomic mass is 9.97. The first-order chi connectivity index (χ1) is 18.5. The van der Waals surface area contributed by atoms with Crippen LogP contribution in [0.3, 0.4) is 0 Å². The Morgan fingerprint density at radius 3 is 2.50 bits per heavy atom. The predicted molar refractivity (Wildman–Crippen MR) is 152 cm³/mol. The number of pyridine rings is 3. The number of sulfonamides is 1. The highest BCUT2D eigenvalue weighted by Gasteiger charge is 2.17. The molecule has 0 bridgehead atoms. The Bertz CT molecular complexity index is 1640. The molecule has 0 amide bonds. The Labute approximate surface area is 223 Å². The van der Waals surface area contributed by atoms with Crippen LogP contribution in [0.2, 0.25) is 0 Å². The summed E-state index contributed by atoms with van der Waals surface area (Å²) >= 11 is 0. The largest absolute Gasteiger partial charge is 0.364 e. The Balaban J connectivity index is 1.61. The Morgan fingerprint density at radius 1 is 0.868 bits per heavy atom. The molecule has 5 aromatic rings. The zero-order chi connectivity index (χ0) is 26.4. The zero-order valence-electron chi connectivity index (χ0n) is 21.1. The van der Waals surface area contributed by atoms with Crippen molar-refractivity contribution in [2.45, 2.75) is 31.2 Å². The maximum absolute atomic E-state index is 12.8. The third-order valence-electron chi connectivity index (χ3n) is 6.25. The Hall–Kier alpha value is -4.14. The molecule has 0 saturated heterocycles. The third kappa shape index (κ3) is 5.72. The van der Waals surface area contributed by atoms with Gasteiger partial charge in [0.15, 0.2) is 0 Å². The van der Waals surface area contributed by atoms with E-state index in [1.54, 1.807) is 18.5 Å². The van der Waals surface area contributed by atoms with E-state index in [1.165, 1.54) is 6.20 Å². The van der Waals surface area contributed by atoms with E-state index < -0.39 is 10.0 Å². The van der Waals surface area contributed by atoms with E-state index in [0.717, 1.165) is 40.4 Å². The van der Waals surface area contributed by atoms with E-state index in [4.69, 9.17) is 4.98 Å². The van der Waals surface area contributed by atoms with Crippen LogP contribution in [0.4, 0.5) is 5.82 Å². The van der Waals surface area contributed by atoms with Crippen LogP contribution in [-0.4, -0.2) is 29.9 Å². The standard InChI is InChI=1S/C30H29N5O2S/c1-2-3-16-34-38(36,37)26-17-24(19-31-21-26)28-18-23-12-9-14-27(22-10-5-4-6-11-22)29(23)30(35-28)33-20-25-13-7-8-15-32-25/h4-15,17-19,21,34H,2-3,16,20H2,1H3,(H,33,35). The molecular weight excluding hydrogens is 494 g/mol. The van der Waals surface area contributed by atoms with Crippen molar-refractivity contribution in [2.75, 3.05) is 11.9 Å². The molecule has 8 heteroatoms. The lowest BCUT2D eigenvalue weighted by molar-refractivity contribution is 0.578. The van der Waals surface area contributed by atoms with E-state index in [2.05, 4.69) is 38.2 Å². The van der Waals surface area contributed by atoms with E-state index in [9.17, 15) is 8.42 Å². The fourth-order valence-electron chi connectivity index (χ4n) is 4.29. The molecule has 0 aliphatic heterocycles. The number of hydrogen-bond donors (Lipinski definition) is 2. The van der Waals surface area contributed by atoms with Gasteiger partial charge in [0.2, 0.25) is 10.0 Å². The smallest absolute Gasteiger partial charge is 0.242 e. The number of fused-ring (bicyclic) bond motifs is 1. The summed E-state index contributed by atoms with van der Waals surface area (Å²) in [6, 6.07) is 25.7. The van der Waals surface area contributed by atoms with Gasteiger partial charge in [-0.3, -0.25) is 9.97 Å². The first-order valence-corrected chi connectivity index (χ1v) is 14.1. The summed E-state index contributed by atoms with van der Waals surface area (Å²) in [6.45, 7) is 2.90. The Morgan fingerprint density at radius 2 is 1.71 bits per heavy atom. The second-order valence-electron chi connectivity index (χ2n) is 8.96. The third-order valence-corrected chi connectivity index (χ3v) is 7.68. The van der Waals surface area contributed by atoms with Gasteiger partial charge in [-0.1, -0.05) is 67.9 Å². The fraction of sp³-hybridized carbons (Fsp3) is 0.167. The van der Waals surface area contributed by atoms with Gasteiger partial charge in [0.1, 0.15) is 10.7 Å². The topological polar surface area (TPSA) is 96.9 Å². The van der Waals surface area contributed by atoms with Crippen LogP contribution in [0, 0.1) is 0 Å². The van der Waals surface area contributed by atoms with Crippen molar-refractivity contribution in [3.63, 3.8) is 0 Å². The second kappa shape index (κ2) is 11.5. The van der Waals surface area contributed by atoms with Crippen LogP contribution >= 0.6 is 0 Å². The van der Waals surface area contributed by atoms with Crippen LogP contribution in [0.25, 0.3) is 33.2 Å². The molecule has 0 fully saturated rings. The molecule has 38 heavy (non-hydrogen) atoms. The number of benzene rings is 2. The van der Waals surface area contributed by atoms with Crippen LogP contribution in [0.1, 0.15) is 25.5 Å². The first kappa shape index (κ1) is 25.5. The normalized spacial score (nSPS) is 11.5. The number of nitrogens with zero attached hydrogens (tertiary/aromatic N) is 3. The molecule has 0 spiro atoms. The average Bonchev–Trinajstić information content (AvgIpc) is 2.96. The van der Waals surface area contributed by atoms with Gasteiger partial charge in [0.25, 0.3) is 0 Å². The highest BCUT2D eigenvalue weighted by molar-refractivity contribution is 7.89. The summed E-state index contributed by atoms with van der Waals surface area (Å²) in [4.78, 5) is 13.8. The minimum absolute atomic E-state index is 0.119. The lowest BCUT2D eigenvalue weighted by Crippen LogP contribution is -2.24. The lowest BCUT2D eigenvalue weighted by Gasteiger charge is -2.15. The van der Waals surface area contributed by atoms with Crippen molar-refractivity contribution >= 4 is 26.6 Å². The molecule has 0 radical (unpaired) electrons. The van der Waals surface area contributed by atoms with Gasteiger partial charge in [0.05, 0.1) is 17.9 Å². The number of hydrogen-bond acceptors (Lipinski definition) is 6. The fourth-order valence-corrected chi connectivity index (χ4v) is 5.36. The molecule has 192 valence electrons. The minimum Gasteiger partial charge on any atom is -0.364 e. The predicted octanol–water partition coefficient (Wildman–Crippen LogP) is 6.05. The highest BCUT2D eigenvalue weighted by atomic mass is 32.2. The van der Waals surface area contributed by atoms with Gasteiger partial charge in [-0.2, -0.15) is 0 Å². The summed E-state index contributed by atoms with van der Waals surface area (Å²) in [5.41, 5.74) is 4.28. The van der Waals surface area contributed by atoms with Crippen LogP contribution in [-0.2, 0) is 16.6 Å². The number of nitrogens with one attached hydrogen (secondary N) is 2. The monoisotopic (exact) mass is 523 g/mol. The summed E-state index contributed by atoms with van der Waals surface area (Å²) in [6.07, 6.45) is 6.45. The molecule has 0 aliphatic rings. The van der Waals surface area contributed by atoms with Crippen molar-refractivity contribution in [3.05, 3.63) is 103 Å². The number of aromatic nitrogens is 3. The molecule has 3 aromatic heterocycles. The van der Waals surface area contributed by atoms with E-state index in [0.29, 0.717) is 30.2 Å². The summed E-state index contributed by atoms with van der Waals surface area (Å²) in [7, 11) is -3.67. The van der Waals surface area contributed by atoms with Crippen molar-refractivity contribution in [1.82, 2.24) is 19.7 Å². The van der Waals surface area contributed by atoms with Crippen LogP contribution < -0.4 is 10.0 Å². The molecule has 0 aliphatic carbocycles. The van der Waals surface area contributed by atoms with E-state index in [1.807, 2.05) is 61.5 Å². The molecule has 0 atom stereocenters. The molecule has 2 aromatic carbocycles. The molecule has 7 nitrogen and oxygen atoms in total. The Kier molecular flexibility index (Phi) is 7.72. The van der Waals surface area contributed by atoms with Crippen LogP contribution in [0.5, 0.6) is 0 Å². The molecule has 5 rings (SSSR count). The maximum atomic E-state index is 12.8. The molecular formula is C30H29N5O2S. The minimum atomic E-state index is -3.67. The van der Waals surface area contributed by atoms with Gasteiger partial charge >= 0.3 is 0 Å². The average molecular weight is 524 g/mol. The van der Waals surface area contributed by atoms with Gasteiger partial charge < -0.3 is 5.32 Å². The first-order valence-electron chi connectivity index (χ1n) is 12.6. The summed E-state index contributed by atoms with van der Waals surface area (Å²) in [5, 5.41) is 5.44. The van der Waals surface area contributed by atoms with Crippen molar-refractivity contribution in [1.29, 1.82) is 0 Å². The molecule has 0 saturated carbocycles. The molecule has 0 unspecified atom stereocenters. The van der Waals surface area contributed by atoms with E-state index in [-0.39, 0.29) is 4.90 Å². The van der Waals surface area contributed by atoms with Gasteiger partial charge in [-0.15, -0.1) is 0 Å². The number of unbranched alkanes of at least 4 members (excludes halogenated alkanes) is 1. The van der Waals surface area contributed by atoms with E-state index >= 15 is 0 Å². The van der Waals surface area contributed by atoms with Crippen LogP contribution in [0.15, 0.2) is 102 Å². The summed E-state index contributed by atoms with van der Waals surface area (Å²) in [5.74, 6) is 0.692. The van der Waals surface area contributed by atoms with Crippen molar-refractivity contribution in [2.24, 2.45) is 0 Å². The number of rotatable bonds is 10. The molecule has 3 heterocycles. The van der Waals surface area contributed by atoms with Crippen molar-refractivity contribution < 1.29 is 8.42 Å². The summed E-state index contributed by atoms with van der Waals surface area (Å²) < 4.78 is 28.3. The highest BCUT2D eigenvalue weighted by Crippen LogP contribution is 2.36. The SMILES string of the molecule is CCCCNS(=O)(=O)c1cncc(-c2cc3cccc(-c4ccccc4)c3c(NCc3ccccn3)n2)c1. The van der Waals surface area contributed by atoms with Gasteiger partial charge in [0, 0.05) is 36.1 Å². The maximum Gasteiger partial charge on any atom is 0.242 e. The van der Waals surface area contributed by atoms with Crippen molar-refractivity contribution in [3.8, 4) is 22.4 Å². The van der Waals surface area contributed by atoms with Gasteiger partial charge in [-0.25, -0.2) is 18.1 Å². The zero-order valence-corrected chi connectivity index (χ0v) is 21.9. The quantitative estimate of drug-likeness (QED) is 0.216. The second-order valence-corrected chi connectivity index (χ2v) is 10.7.